The lowest BCUT2D eigenvalue weighted by atomic mass is 10.1. The van der Waals surface area contributed by atoms with Gasteiger partial charge in [-0.05, 0) is 36.1 Å². The molecule has 0 saturated carbocycles. The van der Waals surface area contributed by atoms with Gasteiger partial charge in [-0.15, -0.1) is 0 Å². The van der Waals surface area contributed by atoms with Crippen LogP contribution in [0.15, 0.2) is 48.5 Å². The van der Waals surface area contributed by atoms with Crippen LogP contribution in [0.5, 0.6) is 0 Å². The summed E-state index contributed by atoms with van der Waals surface area (Å²) < 4.78 is 0. The molecule has 0 spiro atoms. The molecule has 2 aromatic carbocycles. The van der Waals surface area contributed by atoms with Crippen molar-refractivity contribution in [3.8, 4) is 0 Å². The zero-order valence-electron chi connectivity index (χ0n) is 12.9. The summed E-state index contributed by atoms with van der Waals surface area (Å²) in [4.78, 5) is 14.3. The molecule has 3 heteroatoms. The Morgan fingerprint density at radius 1 is 1.14 bits per heavy atom. The maximum atomic E-state index is 12.4. The van der Waals surface area contributed by atoms with Crippen molar-refractivity contribution in [1.29, 1.82) is 0 Å². The van der Waals surface area contributed by atoms with Crippen molar-refractivity contribution in [2.24, 2.45) is 0 Å². The minimum atomic E-state index is 0.252. The molecule has 2 nitrogen and oxygen atoms in total. The second-order valence-corrected chi connectivity index (χ2v) is 6.76. The van der Waals surface area contributed by atoms with Crippen molar-refractivity contribution in [2.45, 2.75) is 25.5 Å². The Balaban J connectivity index is 1.49. The third kappa shape index (κ3) is 3.36. The Bertz CT molecular complexity index is 668. The summed E-state index contributed by atoms with van der Waals surface area (Å²) in [6.07, 6.45) is 1.60. The molecule has 1 aliphatic heterocycles. The van der Waals surface area contributed by atoms with Crippen LogP contribution in [0.2, 0.25) is 0 Å². The first-order chi connectivity index (χ1) is 10.8. The molecular formula is C19H21NOS. The van der Waals surface area contributed by atoms with E-state index in [1.807, 2.05) is 28.8 Å². The van der Waals surface area contributed by atoms with Crippen LogP contribution in [0.1, 0.15) is 23.1 Å². The number of thioether (sulfide) groups is 1. The zero-order chi connectivity index (χ0) is 15.4. The monoisotopic (exact) mass is 311 g/mol. The van der Waals surface area contributed by atoms with Gasteiger partial charge in [0.25, 0.3) is 0 Å². The number of anilines is 1. The lowest BCUT2D eigenvalue weighted by Gasteiger charge is -2.17. The minimum Gasteiger partial charge on any atom is -0.312 e. The summed E-state index contributed by atoms with van der Waals surface area (Å²) in [5, 5.41) is 0. The lowest BCUT2D eigenvalue weighted by Crippen LogP contribution is -2.29. The second-order valence-electron chi connectivity index (χ2n) is 5.65. The van der Waals surface area contributed by atoms with Crippen LogP contribution in [0, 0.1) is 6.92 Å². The number of para-hydroxylation sites is 1. The largest absolute Gasteiger partial charge is 0.312 e. The van der Waals surface area contributed by atoms with Crippen LogP contribution in [-0.2, 0) is 17.0 Å². The summed E-state index contributed by atoms with van der Waals surface area (Å²) in [5.41, 5.74) is 5.10. The minimum absolute atomic E-state index is 0.252. The number of hydrogen-bond acceptors (Lipinski definition) is 2. The van der Waals surface area contributed by atoms with E-state index in [0.29, 0.717) is 6.42 Å². The van der Waals surface area contributed by atoms with E-state index in [0.717, 1.165) is 30.2 Å². The molecule has 0 unspecified atom stereocenters. The summed E-state index contributed by atoms with van der Waals surface area (Å²) in [7, 11) is 0. The molecule has 0 saturated heterocycles. The standard InChI is InChI=1S/C19H21NOS/c1-15-6-2-3-8-17(15)14-22-13-11-19(21)20-12-10-16-7-4-5-9-18(16)20/h2-9H,10-14H2,1H3. The molecule has 0 radical (unpaired) electrons. The van der Waals surface area contributed by atoms with E-state index >= 15 is 0 Å². The maximum absolute atomic E-state index is 12.4. The van der Waals surface area contributed by atoms with Gasteiger partial charge in [0.2, 0.25) is 5.91 Å². The van der Waals surface area contributed by atoms with Crippen LogP contribution in [-0.4, -0.2) is 18.2 Å². The van der Waals surface area contributed by atoms with E-state index < -0.39 is 0 Å². The van der Waals surface area contributed by atoms with Crippen LogP contribution >= 0.6 is 11.8 Å². The topological polar surface area (TPSA) is 20.3 Å². The maximum Gasteiger partial charge on any atom is 0.227 e. The van der Waals surface area contributed by atoms with Gasteiger partial charge in [0.15, 0.2) is 0 Å². The summed E-state index contributed by atoms with van der Waals surface area (Å²) in [5.74, 6) is 2.12. The van der Waals surface area contributed by atoms with Crippen molar-refractivity contribution >= 4 is 23.4 Å². The highest BCUT2D eigenvalue weighted by molar-refractivity contribution is 7.98. The van der Waals surface area contributed by atoms with Crippen molar-refractivity contribution in [3.63, 3.8) is 0 Å². The van der Waals surface area contributed by atoms with E-state index in [2.05, 4.69) is 43.3 Å². The molecule has 114 valence electrons. The number of rotatable bonds is 5. The molecule has 0 aliphatic carbocycles. The molecule has 0 bridgehead atoms. The van der Waals surface area contributed by atoms with Crippen LogP contribution in [0.4, 0.5) is 5.69 Å². The van der Waals surface area contributed by atoms with Gasteiger partial charge < -0.3 is 4.90 Å². The fourth-order valence-corrected chi connectivity index (χ4v) is 3.85. The second kappa shape index (κ2) is 7.01. The van der Waals surface area contributed by atoms with Crippen LogP contribution in [0.25, 0.3) is 0 Å². The molecule has 1 amide bonds. The molecule has 2 aromatic rings. The fourth-order valence-electron chi connectivity index (χ4n) is 2.85. The van der Waals surface area contributed by atoms with Gasteiger partial charge in [-0.2, -0.15) is 11.8 Å². The van der Waals surface area contributed by atoms with Crippen molar-refractivity contribution in [2.75, 3.05) is 17.2 Å². The Kier molecular flexibility index (Phi) is 4.84. The smallest absolute Gasteiger partial charge is 0.227 e. The molecule has 22 heavy (non-hydrogen) atoms. The third-order valence-corrected chi connectivity index (χ3v) is 5.18. The highest BCUT2D eigenvalue weighted by Gasteiger charge is 2.23. The van der Waals surface area contributed by atoms with Gasteiger partial charge in [0.05, 0.1) is 0 Å². The fraction of sp³-hybridized carbons (Fsp3) is 0.316. The van der Waals surface area contributed by atoms with Crippen molar-refractivity contribution in [3.05, 3.63) is 65.2 Å². The van der Waals surface area contributed by atoms with Gasteiger partial charge >= 0.3 is 0 Å². The van der Waals surface area contributed by atoms with Gasteiger partial charge in [-0.25, -0.2) is 0 Å². The molecule has 1 aliphatic rings. The predicted octanol–water partition coefficient (Wildman–Crippen LogP) is 4.21. The predicted molar refractivity (Wildman–Crippen MR) is 94.5 cm³/mol. The number of benzene rings is 2. The van der Waals surface area contributed by atoms with Crippen LogP contribution < -0.4 is 4.90 Å². The summed E-state index contributed by atoms with van der Waals surface area (Å²) >= 11 is 1.84. The number of carbonyl (C=O) groups is 1. The Hall–Kier alpha value is -1.74. The number of fused-ring (bicyclic) bond motifs is 1. The van der Waals surface area contributed by atoms with Gasteiger partial charge in [-0.3, -0.25) is 4.79 Å². The zero-order valence-corrected chi connectivity index (χ0v) is 13.7. The molecular weight excluding hydrogens is 290 g/mol. The highest BCUT2D eigenvalue weighted by Crippen LogP contribution is 2.28. The number of carbonyl (C=O) groups excluding carboxylic acids is 1. The third-order valence-electron chi connectivity index (χ3n) is 4.17. The molecule has 3 rings (SSSR count). The molecule has 0 N–H and O–H groups in total. The average Bonchev–Trinajstić information content (AvgIpc) is 2.97. The highest BCUT2D eigenvalue weighted by atomic mass is 32.2. The van der Waals surface area contributed by atoms with Crippen molar-refractivity contribution < 1.29 is 4.79 Å². The van der Waals surface area contributed by atoms with Crippen molar-refractivity contribution in [1.82, 2.24) is 0 Å². The van der Waals surface area contributed by atoms with Crippen LogP contribution in [0.3, 0.4) is 0 Å². The SMILES string of the molecule is Cc1ccccc1CSCCC(=O)N1CCc2ccccc21. The van der Waals surface area contributed by atoms with E-state index in [1.165, 1.54) is 16.7 Å². The number of amides is 1. The number of nitrogens with zero attached hydrogens (tertiary/aromatic N) is 1. The summed E-state index contributed by atoms with van der Waals surface area (Å²) in [6, 6.07) is 16.7. The van der Waals surface area contributed by atoms with Gasteiger partial charge in [0.1, 0.15) is 0 Å². The van der Waals surface area contributed by atoms with E-state index in [4.69, 9.17) is 0 Å². The molecule has 0 fully saturated rings. The summed E-state index contributed by atoms with van der Waals surface area (Å²) in [6.45, 7) is 2.98. The molecule has 1 heterocycles. The first-order valence-corrected chi connectivity index (χ1v) is 8.91. The van der Waals surface area contributed by atoms with E-state index in [1.54, 1.807) is 0 Å². The molecule has 0 aromatic heterocycles. The van der Waals surface area contributed by atoms with E-state index in [-0.39, 0.29) is 5.91 Å². The Morgan fingerprint density at radius 2 is 1.91 bits per heavy atom. The van der Waals surface area contributed by atoms with E-state index in [9.17, 15) is 4.79 Å². The number of hydrogen-bond donors (Lipinski definition) is 0. The van der Waals surface area contributed by atoms with Gasteiger partial charge in [0, 0.05) is 30.2 Å². The van der Waals surface area contributed by atoms with Gasteiger partial charge in [-0.1, -0.05) is 42.5 Å². The average molecular weight is 311 g/mol. The first-order valence-electron chi connectivity index (χ1n) is 7.76. The number of aryl methyl sites for hydroxylation is 1. The molecule has 0 atom stereocenters. The first kappa shape index (κ1) is 15.2. The quantitative estimate of drug-likeness (QED) is 0.771. The lowest BCUT2D eigenvalue weighted by molar-refractivity contribution is -0.118. The Labute approximate surface area is 136 Å². The normalized spacial score (nSPS) is 13.2. The Morgan fingerprint density at radius 3 is 2.77 bits per heavy atom.